The maximum absolute atomic E-state index is 4.14. The van der Waals surface area contributed by atoms with Crippen molar-refractivity contribution in [2.24, 2.45) is 0 Å². The van der Waals surface area contributed by atoms with Gasteiger partial charge in [0.1, 0.15) is 6.04 Å². The third-order valence-electron chi connectivity index (χ3n) is 2.48. The molecule has 0 aliphatic carbocycles. The summed E-state index contributed by atoms with van der Waals surface area (Å²) in [6.45, 7) is 2.17. The first-order valence-electron chi connectivity index (χ1n) is 4.92. The van der Waals surface area contributed by atoms with Gasteiger partial charge in [-0.15, -0.1) is 0 Å². The summed E-state index contributed by atoms with van der Waals surface area (Å²) in [4.78, 5) is 4.14. The van der Waals surface area contributed by atoms with Crippen LogP contribution in [0.25, 0.3) is 0 Å². The van der Waals surface area contributed by atoms with Crippen molar-refractivity contribution >= 4 is 16.9 Å². The second kappa shape index (κ2) is 5.75. The zero-order valence-corrected chi connectivity index (χ0v) is 10.5. The molecule has 15 heavy (non-hydrogen) atoms. The predicted molar refractivity (Wildman–Crippen MR) is 66.4 cm³/mol. The van der Waals surface area contributed by atoms with Crippen molar-refractivity contribution in [1.82, 2.24) is 10.3 Å². The highest BCUT2D eigenvalue weighted by molar-refractivity contribution is 8.13. The van der Waals surface area contributed by atoms with Crippen molar-refractivity contribution in [2.75, 3.05) is 20.4 Å². The largest absolute Gasteiger partial charge is 0.305 e. The second-order valence-corrected chi connectivity index (χ2v) is 4.13. The van der Waals surface area contributed by atoms with Crippen molar-refractivity contribution in [3.63, 3.8) is 0 Å². The minimum Gasteiger partial charge on any atom is -0.272 e. The van der Waals surface area contributed by atoms with Crippen molar-refractivity contribution < 1.29 is 4.58 Å². The average Bonchev–Trinajstić information content (AvgIpc) is 2.30. The number of hydrogen-bond acceptors (Lipinski definition) is 2. The Hall–Kier alpha value is -1.03. The van der Waals surface area contributed by atoms with Gasteiger partial charge in [0.2, 0.25) is 0 Å². The van der Waals surface area contributed by atoms with Crippen LogP contribution in [0.4, 0.5) is 0 Å². The molecule has 1 N–H and O–H groups in total. The van der Waals surface area contributed by atoms with Crippen LogP contribution < -0.4 is 5.32 Å². The van der Waals surface area contributed by atoms with E-state index in [-0.39, 0.29) is 0 Å². The lowest BCUT2D eigenvalue weighted by Gasteiger charge is -2.13. The van der Waals surface area contributed by atoms with E-state index in [1.165, 1.54) is 5.56 Å². The summed E-state index contributed by atoms with van der Waals surface area (Å²) in [6, 6.07) is 4.40. The molecule has 1 aromatic rings. The number of nitrogens with one attached hydrogen (secondary N) is 1. The summed E-state index contributed by atoms with van der Waals surface area (Å²) in [6.07, 6.45) is 5.78. The van der Waals surface area contributed by atoms with Crippen LogP contribution in [-0.4, -0.2) is 35.1 Å². The van der Waals surface area contributed by atoms with E-state index in [4.69, 9.17) is 0 Å². The molecule has 0 aliphatic rings. The van der Waals surface area contributed by atoms with Gasteiger partial charge in [-0.3, -0.25) is 14.9 Å². The fraction of sp³-hybridized carbons (Fsp3) is 0.455. The molecule has 3 nitrogen and oxygen atoms in total. The molecule has 0 aromatic carbocycles. The number of rotatable bonds is 2. The zero-order chi connectivity index (χ0) is 11.3. The van der Waals surface area contributed by atoms with Gasteiger partial charge in [0.05, 0.1) is 14.1 Å². The van der Waals surface area contributed by atoms with Crippen molar-refractivity contribution in [3.8, 4) is 0 Å². The zero-order valence-electron chi connectivity index (χ0n) is 9.69. The standard InChI is InChI=1S/C11H17N3S/c1-9(10-6-5-7-13-8-10)14(3)11(12-2)15-4/h5-9H,1-4H3/p+1. The molecule has 1 rings (SSSR count). The molecule has 0 saturated carbocycles. The maximum Gasteiger partial charge on any atom is 0.305 e. The van der Waals surface area contributed by atoms with Crippen LogP contribution in [0.2, 0.25) is 0 Å². The fourth-order valence-corrected chi connectivity index (χ4v) is 2.10. The van der Waals surface area contributed by atoms with Crippen LogP contribution in [0.3, 0.4) is 0 Å². The highest BCUT2D eigenvalue weighted by Crippen LogP contribution is 2.14. The molecule has 1 heterocycles. The van der Waals surface area contributed by atoms with Crippen LogP contribution in [-0.2, 0) is 0 Å². The van der Waals surface area contributed by atoms with Crippen LogP contribution in [0.1, 0.15) is 18.5 Å². The average molecular weight is 224 g/mol. The van der Waals surface area contributed by atoms with E-state index in [9.17, 15) is 0 Å². The summed E-state index contributed by atoms with van der Waals surface area (Å²) in [7, 11) is 4.03. The van der Waals surface area contributed by atoms with Crippen LogP contribution >= 0.6 is 11.8 Å². The molecular weight excluding hydrogens is 206 g/mol. The molecule has 1 aromatic heterocycles. The van der Waals surface area contributed by atoms with E-state index < -0.39 is 0 Å². The Labute approximate surface area is 95.6 Å². The maximum atomic E-state index is 4.14. The number of nitrogens with zero attached hydrogens (tertiary/aromatic N) is 2. The molecule has 82 valence electrons. The molecule has 0 amide bonds. The van der Waals surface area contributed by atoms with Gasteiger partial charge in [-0.1, -0.05) is 6.07 Å². The van der Waals surface area contributed by atoms with Gasteiger partial charge in [-0.25, -0.2) is 0 Å². The molecular formula is C11H18N3S+. The number of pyridine rings is 1. The first-order chi connectivity index (χ1) is 7.20. The van der Waals surface area contributed by atoms with Crippen LogP contribution in [0, 0.1) is 0 Å². The van der Waals surface area contributed by atoms with Gasteiger partial charge in [0.25, 0.3) is 0 Å². The van der Waals surface area contributed by atoms with Crippen molar-refractivity contribution in [1.29, 1.82) is 0 Å². The monoisotopic (exact) mass is 224 g/mol. The van der Waals surface area contributed by atoms with Gasteiger partial charge < -0.3 is 0 Å². The Morgan fingerprint density at radius 1 is 1.60 bits per heavy atom. The molecule has 0 radical (unpaired) electrons. The van der Waals surface area contributed by atoms with Gasteiger partial charge in [-0.05, 0) is 31.0 Å². The Bertz CT molecular complexity index is 329. The molecule has 4 heteroatoms. The first-order valence-corrected chi connectivity index (χ1v) is 6.14. The number of amidine groups is 1. The first kappa shape index (κ1) is 12.0. The molecule has 0 fully saturated rings. The summed E-state index contributed by atoms with van der Waals surface area (Å²) in [5.74, 6) is 0. The van der Waals surface area contributed by atoms with Crippen LogP contribution in [0.15, 0.2) is 24.5 Å². The number of hydrogen-bond donors (Lipinski definition) is 1. The fourth-order valence-electron chi connectivity index (χ4n) is 1.44. The molecule has 1 unspecified atom stereocenters. The van der Waals surface area contributed by atoms with E-state index in [1.54, 1.807) is 18.0 Å². The lowest BCUT2D eigenvalue weighted by molar-refractivity contribution is -0.539. The molecule has 0 aliphatic heterocycles. The van der Waals surface area contributed by atoms with Gasteiger partial charge >= 0.3 is 5.17 Å². The smallest absolute Gasteiger partial charge is 0.272 e. The Kier molecular flexibility index (Phi) is 4.62. The van der Waals surface area contributed by atoms with Gasteiger partial charge in [-0.2, -0.15) is 0 Å². The summed E-state index contributed by atoms with van der Waals surface area (Å²) in [5, 5.41) is 4.35. The van der Waals surface area contributed by atoms with Crippen LogP contribution in [0.5, 0.6) is 0 Å². The number of aromatic nitrogens is 1. The quantitative estimate of drug-likeness (QED) is 0.471. The topological polar surface area (TPSA) is 27.9 Å². The molecule has 0 saturated heterocycles. The third-order valence-corrected chi connectivity index (χ3v) is 3.35. The summed E-state index contributed by atoms with van der Waals surface area (Å²) in [5.41, 5.74) is 1.22. The SMILES string of the molecule is CNC(SC)=[N+](C)C(C)c1cccnc1. The van der Waals surface area contributed by atoms with Gasteiger partial charge in [0, 0.05) is 18.0 Å². The Morgan fingerprint density at radius 2 is 2.33 bits per heavy atom. The Balaban J connectivity index is 2.94. The minimum absolute atomic E-state index is 0.327. The highest BCUT2D eigenvalue weighted by Gasteiger charge is 2.15. The Morgan fingerprint density at radius 3 is 2.80 bits per heavy atom. The predicted octanol–water partition coefficient (Wildman–Crippen LogP) is 1.72. The van der Waals surface area contributed by atoms with E-state index >= 15 is 0 Å². The molecule has 0 spiro atoms. The lowest BCUT2D eigenvalue weighted by atomic mass is 10.1. The van der Waals surface area contributed by atoms with E-state index in [0.717, 1.165) is 5.17 Å². The molecule has 1 atom stereocenters. The van der Waals surface area contributed by atoms with Crippen molar-refractivity contribution in [3.05, 3.63) is 30.1 Å². The third kappa shape index (κ3) is 2.96. The minimum atomic E-state index is 0.327. The molecule has 0 bridgehead atoms. The lowest BCUT2D eigenvalue weighted by Crippen LogP contribution is -2.28. The number of thioether (sulfide) groups is 1. The van der Waals surface area contributed by atoms with E-state index in [1.807, 2.05) is 19.3 Å². The van der Waals surface area contributed by atoms with E-state index in [2.05, 4.69) is 41.2 Å². The highest BCUT2D eigenvalue weighted by atomic mass is 32.2. The second-order valence-electron chi connectivity index (χ2n) is 3.33. The van der Waals surface area contributed by atoms with Crippen molar-refractivity contribution in [2.45, 2.75) is 13.0 Å². The summed E-state index contributed by atoms with van der Waals surface area (Å²) >= 11 is 1.71. The normalized spacial score (nSPS) is 14.4. The summed E-state index contributed by atoms with van der Waals surface area (Å²) < 4.78 is 2.21. The van der Waals surface area contributed by atoms with Gasteiger partial charge in [0.15, 0.2) is 0 Å². The van der Waals surface area contributed by atoms with E-state index in [0.29, 0.717) is 6.04 Å².